The highest BCUT2D eigenvalue weighted by atomic mass is 19.1. The van der Waals surface area contributed by atoms with Crippen molar-refractivity contribution in [2.45, 2.75) is 58.7 Å². The van der Waals surface area contributed by atoms with E-state index in [1.54, 1.807) is 32.4 Å². The molecule has 7 heteroatoms. The van der Waals surface area contributed by atoms with Gasteiger partial charge in [-0.2, -0.15) is 0 Å². The van der Waals surface area contributed by atoms with Gasteiger partial charge in [0.05, 0.1) is 32.0 Å². The number of hydrogen-bond donors (Lipinski definition) is 0. The van der Waals surface area contributed by atoms with Crippen LogP contribution >= 0.6 is 0 Å². The molecule has 0 amide bonds. The first-order valence-corrected chi connectivity index (χ1v) is 9.71. The van der Waals surface area contributed by atoms with Crippen molar-refractivity contribution in [1.29, 1.82) is 0 Å². The summed E-state index contributed by atoms with van der Waals surface area (Å²) in [6.45, 7) is 10.6. The summed E-state index contributed by atoms with van der Waals surface area (Å²) >= 11 is 0. The lowest BCUT2D eigenvalue weighted by Gasteiger charge is -2.32. The van der Waals surface area contributed by atoms with Crippen LogP contribution in [0.4, 0.5) is 4.39 Å². The molecule has 0 unspecified atom stereocenters. The SMILES string of the molecule is CCCOCCC(=C(F)B1OC(C)(C)C(C)(C)O1)c1cc(OC)ccc1OC. The van der Waals surface area contributed by atoms with E-state index in [0.717, 1.165) is 6.42 Å². The van der Waals surface area contributed by atoms with E-state index < -0.39 is 24.0 Å². The number of ether oxygens (including phenoxy) is 3. The molecule has 2 rings (SSSR count). The van der Waals surface area contributed by atoms with Gasteiger partial charge in [-0.3, -0.25) is 0 Å². The first-order chi connectivity index (χ1) is 13.2. The van der Waals surface area contributed by atoms with E-state index in [9.17, 15) is 0 Å². The molecule has 28 heavy (non-hydrogen) atoms. The van der Waals surface area contributed by atoms with Gasteiger partial charge in [0.2, 0.25) is 0 Å². The van der Waals surface area contributed by atoms with Crippen molar-refractivity contribution in [3.8, 4) is 11.5 Å². The van der Waals surface area contributed by atoms with E-state index in [-0.39, 0.29) is 0 Å². The predicted molar refractivity (Wildman–Crippen MR) is 109 cm³/mol. The Balaban J connectivity index is 2.46. The van der Waals surface area contributed by atoms with Gasteiger partial charge in [-0.25, -0.2) is 4.39 Å². The second-order valence-corrected chi connectivity index (χ2v) is 7.84. The monoisotopic (exact) mass is 394 g/mol. The van der Waals surface area contributed by atoms with Gasteiger partial charge >= 0.3 is 7.12 Å². The topological polar surface area (TPSA) is 46.2 Å². The number of hydrogen-bond acceptors (Lipinski definition) is 5. The fourth-order valence-corrected chi connectivity index (χ4v) is 2.94. The molecule has 156 valence electrons. The van der Waals surface area contributed by atoms with E-state index in [1.807, 2.05) is 34.6 Å². The maximum absolute atomic E-state index is 15.7. The second kappa shape index (κ2) is 9.29. The lowest BCUT2D eigenvalue weighted by atomic mass is 9.81. The Hall–Kier alpha value is -1.57. The number of rotatable bonds is 9. The van der Waals surface area contributed by atoms with Crippen LogP contribution in [0.1, 0.15) is 53.0 Å². The van der Waals surface area contributed by atoms with Crippen LogP contribution in [0.15, 0.2) is 23.9 Å². The zero-order valence-corrected chi connectivity index (χ0v) is 18.1. The minimum atomic E-state index is -1.08. The van der Waals surface area contributed by atoms with Gasteiger partial charge in [-0.05, 0) is 64.3 Å². The Morgan fingerprint density at radius 1 is 1.04 bits per heavy atom. The molecule has 1 aliphatic rings. The Kier molecular flexibility index (Phi) is 7.54. The van der Waals surface area contributed by atoms with E-state index in [2.05, 4.69) is 0 Å². The van der Waals surface area contributed by atoms with Crippen molar-refractivity contribution < 1.29 is 27.9 Å². The first kappa shape index (κ1) is 22.7. The summed E-state index contributed by atoms with van der Waals surface area (Å²) in [5, 5.41) is 0. The molecular weight excluding hydrogens is 362 g/mol. The van der Waals surface area contributed by atoms with E-state index >= 15 is 4.39 Å². The summed E-state index contributed by atoms with van der Waals surface area (Å²) in [5.74, 6) is 1.17. The third kappa shape index (κ3) is 4.88. The van der Waals surface area contributed by atoms with Crippen LogP contribution in [-0.4, -0.2) is 45.8 Å². The highest BCUT2D eigenvalue weighted by Gasteiger charge is 2.53. The van der Waals surface area contributed by atoms with Gasteiger partial charge < -0.3 is 23.5 Å². The highest BCUT2D eigenvalue weighted by molar-refractivity contribution is 6.55. The van der Waals surface area contributed by atoms with Crippen LogP contribution in [0.5, 0.6) is 11.5 Å². The van der Waals surface area contributed by atoms with E-state index in [0.29, 0.717) is 42.3 Å². The van der Waals surface area contributed by atoms with Gasteiger partial charge in [-0.1, -0.05) is 6.92 Å². The normalized spacial score (nSPS) is 18.8. The maximum Gasteiger partial charge on any atom is 0.525 e. The molecule has 5 nitrogen and oxygen atoms in total. The summed E-state index contributed by atoms with van der Waals surface area (Å²) in [6, 6.07) is 5.30. The molecular formula is C21H32BFO5. The van der Waals surface area contributed by atoms with Crippen LogP contribution in [0.3, 0.4) is 0 Å². The third-order valence-electron chi connectivity index (χ3n) is 5.33. The largest absolute Gasteiger partial charge is 0.525 e. The van der Waals surface area contributed by atoms with Crippen molar-refractivity contribution in [3.05, 3.63) is 29.5 Å². The Morgan fingerprint density at radius 3 is 2.21 bits per heavy atom. The molecule has 0 aliphatic carbocycles. The Morgan fingerprint density at radius 2 is 1.68 bits per heavy atom. The molecule has 0 N–H and O–H groups in total. The van der Waals surface area contributed by atoms with Gasteiger partial charge in [-0.15, -0.1) is 0 Å². The van der Waals surface area contributed by atoms with Gasteiger partial charge in [0.1, 0.15) is 17.2 Å². The maximum atomic E-state index is 15.7. The van der Waals surface area contributed by atoms with E-state index in [4.69, 9.17) is 23.5 Å². The Labute approximate surface area is 168 Å². The van der Waals surface area contributed by atoms with Crippen molar-refractivity contribution in [2.24, 2.45) is 0 Å². The summed E-state index contributed by atoms with van der Waals surface area (Å²) < 4.78 is 43.9. The predicted octanol–water partition coefficient (Wildman–Crippen LogP) is 4.83. The van der Waals surface area contributed by atoms with Crippen LogP contribution in [0.25, 0.3) is 5.57 Å². The molecule has 1 aromatic rings. The van der Waals surface area contributed by atoms with Crippen LogP contribution in [0.2, 0.25) is 0 Å². The van der Waals surface area contributed by atoms with Crippen molar-refractivity contribution in [3.63, 3.8) is 0 Å². The van der Waals surface area contributed by atoms with Gasteiger partial charge in [0.15, 0.2) is 0 Å². The molecule has 0 spiro atoms. The van der Waals surface area contributed by atoms with Crippen molar-refractivity contribution in [1.82, 2.24) is 0 Å². The average molecular weight is 394 g/mol. The van der Waals surface area contributed by atoms with E-state index in [1.165, 1.54) is 0 Å². The number of methoxy groups -OCH3 is 2. The fourth-order valence-electron chi connectivity index (χ4n) is 2.94. The second-order valence-electron chi connectivity index (χ2n) is 7.84. The smallest absolute Gasteiger partial charge is 0.497 e. The molecule has 1 heterocycles. The van der Waals surface area contributed by atoms with Crippen LogP contribution < -0.4 is 9.47 Å². The minimum absolute atomic E-state index is 0.361. The first-order valence-electron chi connectivity index (χ1n) is 9.71. The third-order valence-corrected chi connectivity index (χ3v) is 5.33. The standard InChI is InChI=1S/C21H32BFO5/c1-8-12-26-13-11-16(17-14-15(24-6)9-10-18(17)25-7)19(23)22-27-20(2,3)21(4,5)28-22/h9-10,14H,8,11-13H2,1-7H3. The number of benzene rings is 1. The van der Waals surface area contributed by atoms with Crippen molar-refractivity contribution in [2.75, 3.05) is 27.4 Å². The molecule has 0 radical (unpaired) electrons. The summed E-state index contributed by atoms with van der Waals surface area (Å²) in [6.07, 6.45) is 1.26. The van der Waals surface area contributed by atoms with Crippen LogP contribution in [-0.2, 0) is 14.0 Å². The van der Waals surface area contributed by atoms with Crippen LogP contribution in [0, 0.1) is 0 Å². The molecule has 0 saturated carbocycles. The zero-order chi connectivity index (χ0) is 20.9. The summed E-state index contributed by atoms with van der Waals surface area (Å²) in [4.78, 5) is 0. The summed E-state index contributed by atoms with van der Waals surface area (Å²) in [7, 11) is 2.05. The molecule has 0 atom stereocenters. The van der Waals surface area contributed by atoms with Gasteiger partial charge in [0.25, 0.3) is 0 Å². The lowest BCUT2D eigenvalue weighted by molar-refractivity contribution is 0.00578. The molecule has 1 aromatic carbocycles. The molecule has 0 aromatic heterocycles. The zero-order valence-electron chi connectivity index (χ0n) is 18.1. The highest BCUT2D eigenvalue weighted by Crippen LogP contribution is 2.42. The quantitative estimate of drug-likeness (QED) is 0.443. The fraction of sp³-hybridized carbons (Fsp3) is 0.619. The minimum Gasteiger partial charge on any atom is -0.497 e. The van der Waals surface area contributed by atoms with Gasteiger partial charge in [0, 0.05) is 12.2 Å². The molecule has 1 saturated heterocycles. The average Bonchev–Trinajstić information content (AvgIpc) is 2.88. The lowest BCUT2D eigenvalue weighted by Crippen LogP contribution is -2.41. The summed E-state index contributed by atoms with van der Waals surface area (Å²) in [5.41, 5.74) is -0.681. The molecule has 0 bridgehead atoms. The molecule has 1 aliphatic heterocycles. The Bertz CT molecular complexity index is 686. The number of halogens is 1. The van der Waals surface area contributed by atoms with Crippen molar-refractivity contribution >= 4 is 12.7 Å². The molecule has 1 fully saturated rings.